The number of rotatable bonds is 7. The minimum atomic E-state index is -0.0658. The van der Waals surface area contributed by atoms with E-state index in [1.807, 2.05) is 11.8 Å². The van der Waals surface area contributed by atoms with Crippen molar-refractivity contribution >= 4 is 5.91 Å². The van der Waals surface area contributed by atoms with E-state index in [4.69, 9.17) is 4.74 Å². The van der Waals surface area contributed by atoms with Gasteiger partial charge in [-0.3, -0.25) is 9.69 Å². The van der Waals surface area contributed by atoms with E-state index < -0.39 is 0 Å². The monoisotopic (exact) mass is 255 g/mol. The smallest absolute Gasteiger partial charge is 0.240 e. The van der Waals surface area contributed by atoms with Gasteiger partial charge in [-0.1, -0.05) is 6.08 Å². The van der Waals surface area contributed by atoms with Crippen molar-refractivity contribution in [2.45, 2.75) is 13.0 Å². The highest BCUT2D eigenvalue weighted by Gasteiger charge is 2.26. The third-order valence-corrected chi connectivity index (χ3v) is 3.28. The lowest BCUT2D eigenvalue weighted by Gasteiger charge is -2.34. The van der Waals surface area contributed by atoms with Crippen LogP contribution in [0.3, 0.4) is 0 Å². The van der Waals surface area contributed by atoms with Crippen molar-refractivity contribution in [2.75, 3.05) is 53.0 Å². The van der Waals surface area contributed by atoms with Gasteiger partial charge in [0, 0.05) is 46.4 Å². The second-order valence-electron chi connectivity index (χ2n) is 4.53. The van der Waals surface area contributed by atoms with Crippen molar-refractivity contribution in [1.29, 1.82) is 0 Å². The molecule has 0 aromatic heterocycles. The van der Waals surface area contributed by atoms with Crippen molar-refractivity contribution in [3.63, 3.8) is 0 Å². The molecule has 1 saturated heterocycles. The van der Waals surface area contributed by atoms with Gasteiger partial charge in [0.2, 0.25) is 5.91 Å². The van der Waals surface area contributed by atoms with Gasteiger partial charge in [0.25, 0.3) is 0 Å². The molecule has 0 bridgehead atoms. The number of amides is 1. The zero-order valence-electron chi connectivity index (χ0n) is 11.5. The number of nitrogens with one attached hydrogen (secondary N) is 1. The molecule has 1 heterocycles. The van der Waals surface area contributed by atoms with Crippen molar-refractivity contribution in [3.8, 4) is 0 Å². The number of carbonyl (C=O) groups excluding carboxylic acids is 1. The van der Waals surface area contributed by atoms with Gasteiger partial charge < -0.3 is 15.0 Å². The molecule has 0 spiro atoms. The molecule has 1 aliphatic rings. The molecule has 1 N–H and O–H groups in total. The van der Waals surface area contributed by atoms with Crippen molar-refractivity contribution in [2.24, 2.45) is 0 Å². The van der Waals surface area contributed by atoms with Crippen LogP contribution in [0.4, 0.5) is 0 Å². The lowest BCUT2D eigenvalue weighted by molar-refractivity contribution is -0.136. The molecule has 1 unspecified atom stereocenters. The molecule has 1 rings (SSSR count). The van der Waals surface area contributed by atoms with Gasteiger partial charge in [0.15, 0.2) is 0 Å². The molecule has 0 aromatic carbocycles. The first-order valence-electron chi connectivity index (χ1n) is 6.54. The van der Waals surface area contributed by atoms with Crippen LogP contribution in [0.25, 0.3) is 0 Å². The van der Waals surface area contributed by atoms with Crippen LogP contribution >= 0.6 is 0 Å². The first kappa shape index (κ1) is 15.1. The Morgan fingerprint density at radius 3 is 2.78 bits per heavy atom. The standard InChI is InChI=1S/C13H25N3O2/c1-4-7-16(10-11-18-3)13(17)12(2)15-8-5-14-6-9-15/h4,12,14H,1,5-11H2,2-3H3. The lowest BCUT2D eigenvalue weighted by Crippen LogP contribution is -2.53. The largest absolute Gasteiger partial charge is 0.383 e. The summed E-state index contributed by atoms with van der Waals surface area (Å²) < 4.78 is 5.04. The predicted molar refractivity (Wildman–Crippen MR) is 72.6 cm³/mol. The van der Waals surface area contributed by atoms with Crippen molar-refractivity contribution < 1.29 is 9.53 Å². The van der Waals surface area contributed by atoms with E-state index in [9.17, 15) is 4.79 Å². The molecule has 0 radical (unpaired) electrons. The van der Waals surface area contributed by atoms with E-state index in [-0.39, 0.29) is 11.9 Å². The highest BCUT2D eigenvalue weighted by atomic mass is 16.5. The fourth-order valence-electron chi connectivity index (χ4n) is 2.14. The van der Waals surface area contributed by atoms with Crippen LogP contribution in [0.1, 0.15) is 6.92 Å². The maximum absolute atomic E-state index is 12.4. The SMILES string of the molecule is C=CCN(CCOC)C(=O)C(C)N1CCNCC1. The minimum Gasteiger partial charge on any atom is -0.383 e. The second-order valence-corrected chi connectivity index (χ2v) is 4.53. The summed E-state index contributed by atoms with van der Waals surface area (Å²) in [5.74, 6) is 0.161. The molecule has 1 aliphatic heterocycles. The van der Waals surface area contributed by atoms with Gasteiger partial charge in [-0.15, -0.1) is 6.58 Å². The Bertz CT molecular complexity index is 265. The molecule has 0 saturated carbocycles. The normalized spacial score (nSPS) is 18.3. The number of methoxy groups -OCH3 is 1. The summed E-state index contributed by atoms with van der Waals surface area (Å²) in [5.41, 5.74) is 0. The third kappa shape index (κ3) is 4.40. The Kier molecular flexibility index (Phi) is 6.93. The Morgan fingerprint density at radius 2 is 2.22 bits per heavy atom. The zero-order valence-corrected chi connectivity index (χ0v) is 11.5. The zero-order chi connectivity index (χ0) is 13.4. The van der Waals surface area contributed by atoms with E-state index in [2.05, 4.69) is 16.8 Å². The van der Waals surface area contributed by atoms with Crippen LogP contribution in [0, 0.1) is 0 Å². The highest BCUT2D eigenvalue weighted by Crippen LogP contribution is 2.05. The van der Waals surface area contributed by atoms with E-state index in [1.165, 1.54) is 0 Å². The fraction of sp³-hybridized carbons (Fsp3) is 0.769. The molecule has 0 aliphatic carbocycles. The molecule has 1 amide bonds. The van der Waals surface area contributed by atoms with Gasteiger partial charge in [0.1, 0.15) is 0 Å². The number of ether oxygens (including phenoxy) is 1. The quantitative estimate of drug-likeness (QED) is 0.648. The Labute approximate surface area is 110 Å². The van der Waals surface area contributed by atoms with Crippen LogP contribution in [0.5, 0.6) is 0 Å². The molecular weight excluding hydrogens is 230 g/mol. The Balaban J connectivity index is 2.53. The maximum Gasteiger partial charge on any atom is 0.240 e. The number of nitrogens with zero attached hydrogens (tertiary/aromatic N) is 2. The average Bonchev–Trinajstić information content (AvgIpc) is 2.43. The molecule has 0 aromatic rings. The highest BCUT2D eigenvalue weighted by molar-refractivity contribution is 5.81. The lowest BCUT2D eigenvalue weighted by atomic mass is 10.2. The molecular formula is C13H25N3O2. The predicted octanol–water partition coefficient (Wildman–Crippen LogP) is -0.0589. The average molecular weight is 255 g/mol. The van der Waals surface area contributed by atoms with Gasteiger partial charge >= 0.3 is 0 Å². The third-order valence-electron chi connectivity index (χ3n) is 3.28. The number of piperazine rings is 1. The summed E-state index contributed by atoms with van der Waals surface area (Å²) in [6, 6.07) is -0.0658. The summed E-state index contributed by atoms with van der Waals surface area (Å²) in [7, 11) is 1.65. The second kappa shape index (κ2) is 8.24. The summed E-state index contributed by atoms with van der Waals surface area (Å²) in [6.45, 7) is 11.2. The van der Waals surface area contributed by atoms with Crippen LogP contribution in [-0.2, 0) is 9.53 Å². The Hall–Kier alpha value is -0.910. The number of hydrogen-bond donors (Lipinski definition) is 1. The molecule has 5 heteroatoms. The van der Waals surface area contributed by atoms with Crippen LogP contribution in [0.2, 0.25) is 0 Å². The summed E-state index contributed by atoms with van der Waals surface area (Å²) in [4.78, 5) is 16.4. The van der Waals surface area contributed by atoms with Crippen LogP contribution < -0.4 is 5.32 Å². The van der Waals surface area contributed by atoms with E-state index in [1.54, 1.807) is 13.2 Å². The van der Waals surface area contributed by atoms with Gasteiger partial charge in [-0.05, 0) is 6.92 Å². The van der Waals surface area contributed by atoms with Gasteiger partial charge in [-0.2, -0.15) is 0 Å². The van der Waals surface area contributed by atoms with E-state index >= 15 is 0 Å². The van der Waals surface area contributed by atoms with Crippen molar-refractivity contribution in [3.05, 3.63) is 12.7 Å². The summed E-state index contributed by atoms with van der Waals surface area (Å²) >= 11 is 0. The molecule has 1 fully saturated rings. The minimum absolute atomic E-state index is 0.0658. The summed E-state index contributed by atoms with van der Waals surface area (Å²) in [5, 5.41) is 3.29. The first-order chi connectivity index (χ1) is 8.70. The van der Waals surface area contributed by atoms with Gasteiger partial charge in [0.05, 0.1) is 12.6 Å². The summed E-state index contributed by atoms with van der Waals surface area (Å²) in [6.07, 6.45) is 1.76. The molecule has 5 nitrogen and oxygen atoms in total. The maximum atomic E-state index is 12.4. The van der Waals surface area contributed by atoms with E-state index in [0.717, 1.165) is 26.2 Å². The molecule has 18 heavy (non-hydrogen) atoms. The number of carbonyl (C=O) groups is 1. The first-order valence-corrected chi connectivity index (χ1v) is 6.54. The van der Waals surface area contributed by atoms with Crippen LogP contribution in [-0.4, -0.2) is 74.7 Å². The topological polar surface area (TPSA) is 44.8 Å². The molecule has 1 atom stereocenters. The van der Waals surface area contributed by atoms with Crippen molar-refractivity contribution in [1.82, 2.24) is 15.1 Å². The Morgan fingerprint density at radius 1 is 1.56 bits per heavy atom. The van der Waals surface area contributed by atoms with Crippen LogP contribution in [0.15, 0.2) is 12.7 Å². The van der Waals surface area contributed by atoms with E-state index in [0.29, 0.717) is 19.7 Å². The van der Waals surface area contributed by atoms with Gasteiger partial charge in [-0.25, -0.2) is 0 Å². The number of hydrogen-bond acceptors (Lipinski definition) is 4. The molecule has 104 valence electrons. The fourth-order valence-corrected chi connectivity index (χ4v) is 2.14.